The van der Waals surface area contributed by atoms with E-state index < -0.39 is 5.54 Å². The van der Waals surface area contributed by atoms with Crippen LogP contribution in [0.4, 0.5) is 0 Å². The van der Waals surface area contributed by atoms with E-state index in [2.05, 4.69) is 55.6 Å². The molecule has 4 aliphatic rings. The van der Waals surface area contributed by atoms with Gasteiger partial charge in [0, 0.05) is 36.1 Å². The predicted molar refractivity (Wildman–Crippen MR) is 112 cm³/mol. The Labute approximate surface area is 167 Å². The van der Waals surface area contributed by atoms with Gasteiger partial charge in [0.05, 0.1) is 6.54 Å². The van der Waals surface area contributed by atoms with Crippen molar-refractivity contribution in [3.63, 3.8) is 0 Å². The summed E-state index contributed by atoms with van der Waals surface area (Å²) in [7, 11) is 0. The van der Waals surface area contributed by atoms with E-state index in [0.29, 0.717) is 36.1 Å². The largest absolute Gasteiger partial charge is 0.349 e. The number of rotatable bonds is 7. The molecule has 0 spiro atoms. The van der Waals surface area contributed by atoms with E-state index in [0.717, 1.165) is 19.5 Å². The van der Waals surface area contributed by atoms with E-state index in [1.54, 1.807) is 11.3 Å². The molecule has 0 radical (unpaired) electrons. The SMILES string of the molecule is CC(C)C[C@@H]1[C@@H]2C=N[C@@]3(C(=O)NCc4cccs4)[C@@H](C2)CN(CC(C)C)[C@@H]13. The highest BCUT2D eigenvalue weighted by Crippen LogP contribution is 2.55. The summed E-state index contributed by atoms with van der Waals surface area (Å²) < 4.78 is 0. The Kier molecular flexibility index (Phi) is 5.19. The number of carbonyl (C=O) groups is 1. The monoisotopic (exact) mass is 387 g/mol. The number of hydrogen-bond donors (Lipinski definition) is 1. The van der Waals surface area contributed by atoms with E-state index >= 15 is 0 Å². The van der Waals surface area contributed by atoms with Crippen LogP contribution in [-0.4, -0.2) is 41.7 Å². The van der Waals surface area contributed by atoms with Gasteiger partial charge in [0.1, 0.15) is 0 Å². The van der Waals surface area contributed by atoms with Crippen molar-refractivity contribution in [2.24, 2.45) is 34.6 Å². The second kappa shape index (κ2) is 7.32. The zero-order valence-corrected chi connectivity index (χ0v) is 17.8. The van der Waals surface area contributed by atoms with Crippen LogP contribution in [0.15, 0.2) is 22.5 Å². The molecule has 3 aliphatic heterocycles. The Morgan fingerprint density at radius 1 is 1.37 bits per heavy atom. The molecule has 5 atom stereocenters. The second-order valence-electron chi connectivity index (χ2n) is 9.55. The Hall–Kier alpha value is -1.20. The zero-order chi connectivity index (χ0) is 19.2. The predicted octanol–water partition coefficient (Wildman–Crippen LogP) is 3.83. The highest BCUT2D eigenvalue weighted by Gasteiger charge is 2.67. The second-order valence-corrected chi connectivity index (χ2v) is 10.6. The molecule has 1 aliphatic carbocycles. The summed E-state index contributed by atoms with van der Waals surface area (Å²) >= 11 is 1.70. The minimum atomic E-state index is -0.569. The van der Waals surface area contributed by atoms with E-state index in [1.165, 1.54) is 11.3 Å². The third-order valence-corrected chi connectivity index (χ3v) is 7.50. The number of nitrogens with one attached hydrogen (secondary N) is 1. The molecule has 2 fully saturated rings. The summed E-state index contributed by atoms with van der Waals surface area (Å²) in [5.41, 5.74) is -0.569. The molecule has 1 saturated heterocycles. The summed E-state index contributed by atoms with van der Waals surface area (Å²) in [4.78, 5) is 22.4. The Balaban J connectivity index is 1.63. The van der Waals surface area contributed by atoms with Gasteiger partial charge in [-0.15, -0.1) is 11.3 Å². The first-order valence-corrected chi connectivity index (χ1v) is 11.4. The number of amides is 1. The van der Waals surface area contributed by atoms with Crippen LogP contribution in [0, 0.1) is 29.6 Å². The van der Waals surface area contributed by atoms with Crippen molar-refractivity contribution < 1.29 is 4.79 Å². The number of aliphatic imine (C=N–C) groups is 1. The van der Waals surface area contributed by atoms with Gasteiger partial charge >= 0.3 is 0 Å². The van der Waals surface area contributed by atoms with E-state index in [1.807, 2.05) is 6.07 Å². The van der Waals surface area contributed by atoms with Crippen LogP contribution in [0.1, 0.15) is 45.4 Å². The lowest BCUT2D eigenvalue weighted by molar-refractivity contribution is -0.132. The summed E-state index contributed by atoms with van der Waals surface area (Å²) in [5.74, 6) is 2.87. The first-order chi connectivity index (χ1) is 12.9. The quantitative estimate of drug-likeness (QED) is 0.773. The Bertz CT molecular complexity index is 698. The molecular weight excluding hydrogens is 354 g/mol. The summed E-state index contributed by atoms with van der Waals surface area (Å²) in [6.07, 6.45) is 4.45. The molecule has 1 aromatic heterocycles. The van der Waals surface area contributed by atoms with Gasteiger partial charge in [0.25, 0.3) is 0 Å². The average molecular weight is 388 g/mol. The van der Waals surface area contributed by atoms with Crippen molar-refractivity contribution in [3.05, 3.63) is 22.4 Å². The van der Waals surface area contributed by atoms with Crippen molar-refractivity contribution in [1.82, 2.24) is 10.2 Å². The maximum Gasteiger partial charge on any atom is 0.250 e. The van der Waals surface area contributed by atoms with Gasteiger partial charge in [-0.05, 0) is 48.0 Å². The molecular formula is C22H33N3OS. The maximum atomic E-state index is 13.5. The van der Waals surface area contributed by atoms with Crippen molar-refractivity contribution in [1.29, 1.82) is 0 Å². The molecule has 0 aromatic carbocycles. The number of thiophene rings is 1. The number of nitrogens with zero attached hydrogens (tertiary/aromatic N) is 2. The molecule has 5 rings (SSSR count). The molecule has 1 aromatic rings. The average Bonchev–Trinajstić information content (AvgIpc) is 3.20. The highest BCUT2D eigenvalue weighted by atomic mass is 32.1. The van der Waals surface area contributed by atoms with Crippen LogP contribution in [0.2, 0.25) is 0 Å². The van der Waals surface area contributed by atoms with Gasteiger partial charge in [0.2, 0.25) is 5.91 Å². The zero-order valence-electron chi connectivity index (χ0n) is 17.0. The van der Waals surface area contributed by atoms with Crippen LogP contribution < -0.4 is 5.32 Å². The topological polar surface area (TPSA) is 44.7 Å². The van der Waals surface area contributed by atoms with Crippen molar-refractivity contribution in [3.8, 4) is 0 Å². The van der Waals surface area contributed by atoms with E-state index in [4.69, 9.17) is 4.99 Å². The van der Waals surface area contributed by atoms with Gasteiger partial charge < -0.3 is 5.32 Å². The fourth-order valence-electron chi connectivity index (χ4n) is 5.82. The third-order valence-electron chi connectivity index (χ3n) is 6.62. The lowest BCUT2D eigenvalue weighted by Gasteiger charge is -2.51. The summed E-state index contributed by atoms with van der Waals surface area (Å²) in [6.45, 7) is 11.9. The van der Waals surface area contributed by atoms with Crippen molar-refractivity contribution in [2.75, 3.05) is 13.1 Å². The minimum Gasteiger partial charge on any atom is -0.349 e. The van der Waals surface area contributed by atoms with E-state index in [-0.39, 0.29) is 11.9 Å². The van der Waals surface area contributed by atoms with Crippen LogP contribution in [0.25, 0.3) is 0 Å². The van der Waals surface area contributed by atoms with Gasteiger partial charge in [-0.3, -0.25) is 14.7 Å². The van der Waals surface area contributed by atoms with Gasteiger partial charge in [-0.25, -0.2) is 0 Å². The first-order valence-electron chi connectivity index (χ1n) is 10.5. The molecule has 27 heavy (non-hydrogen) atoms. The van der Waals surface area contributed by atoms with Gasteiger partial charge in [-0.1, -0.05) is 33.8 Å². The minimum absolute atomic E-state index is 0.153. The van der Waals surface area contributed by atoms with Crippen LogP contribution >= 0.6 is 11.3 Å². The molecule has 1 N–H and O–H groups in total. The van der Waals surface area contributed by atoms with Crippen LogP contribution in [-0.2, 0) is 11.3 Å². The Morgan fingerprint density at radius 3 is 2.85 bits per heavy atom. The first kappa shape index (κ1) is 19.1. The Morgan fingerprint density at radius 2 is 2.19 bits per heavy atom. The number of hydrogen-bond acceptors (Lipinski definition) is 4. The number of likely N-dealkylation sites (tertiary alicyclic amines) is 1. The standard InChI is InChI=1S/C22H33N3OS/c1-14(2)8-19-16-9-17-13-25(12-15(3)4)20(19)22(17,24-10-16)21(26)23-11-18-6-5-7-27-18/h5-7,10,14-17,19-20H,8-9,11-13H2,1-4H3,(H,23,26)/t16-,17-,19+,20-,22-/m0/s1. The van der Waals surface area contributed by atoms with Crippen LogP contribution in [0.3, 0.4) is 0 Å². The maximum absolute atomic E-state index is 13.5. The summed E-state index contributed by atoms with van der Waals surface area (Å²) in [5, 5.41) is 5.32. The smallest absolute Gasteiger partial charge is 0.250 e. The lowest BCUT2D eigenvalue weighted by atomic mass is 9.59. The molecule has 4 nitrogen and oxygen atoms in total. The highest BCUT2D eigenvalue weighted by molar-refractivity contribution is 7.09. The molecule has 4 bridgehead atoms. The third kappa shape index (κ3) is 3.27. The molecule has 148 valence electrons. The van der Waals surface area contributed by atoms with Gasteiger partial charge in [-0.2, -0.15) is 0 Å². The number of carbonyl (C=O) groups excluding carboxylic acids is 1. The molecule has 1 amide bonds. The van der Waals surface area contributed by atoms with Crippen molar-refractivity contribution >= 4 is 23.5 Å². The molecule has 0 unspecified atom stereocenters. The molecule has 5 heteroatoms. The van der Waals surface area contributed by atoms with Crippen molar-refractivity contribution in [2.45, 2.75) is 58.7 Å². The summed E-state index contributed by atoms with van der Waals surface area (Å²) in [6, 6.07) is 4.39. The van der Waals surface area contributed by atoms with Crippen LogP contribution in [0.5, 0.6) is 0 Å². The molecule has 4 heterocycles. The normalized spacial score (nSPS) is 34.7. The fraction of sp³-hybridized carbons (Fsp3) is 0.727. The molecule has 1 saturated carbocycles. The van der Waals surface area contributed by atoms with Gasteiger partial charge in [0.15, 0.2) is 5.54 Å². The fourth-order valence-corrected chi connectivity index (χ4v) is 6.47. The lowest BCUT2D eigenvalue weighted by Crippen LogP contribution is -2.65. The van der Waals surface area contributed by atoms with E-state index in [9.17, 15) is 4.79 Å².